The number of allylic oxidation sites excluding steroid dienone is 4. The van der Waals surface area contributed by atoms with Crippen LogP contribution in [0.1, 0.15) is 495 Å². The molecule has 93 heavy (non-hydrogen) atoms. The molecule has 0 heterocycles. The number of amides is 1. The van der Waals surface area contributed by atoms with Crippen LogP contribution in [-0.2, 0) is 14.3 Å². The Morgan fingerprint density at radius 2 is 0.505 bits per heavy atom. The average molecular weight is 1310 g/mol. The van der Waals surface area contributed by atoms with Gasteiger partial charge in [0.25, 0.3) is 0 Å². The molecule has 1 amide bonds. The largest absolute Gasteiger partial charge is 0.466 e. The van der Waals surface area contributed by atoms with Crippen molar-refractivity contribution in [3.8, 4) is 0 Å². The van der Waals surface area contributed by atoms with Gasteiger partial charge in [-0.2, -0.15) is 0 Å². The molecule has 3 N–H and O–H groups in total. The molecular weight excluding hydrogens is 1140 g/mol. The highest BCUT2D eigenvalue weighted by Crippen LogP contribution is 2.21. The molecule has 0 aliphatic heterocycles. The molecule has 0 fully saturated rings. The minimum Gasteiger partial charge on any atom is -0.466 e. The van der Waals surface area contributed by atoms with E-state index >= 15 is 0 Å². The number of aliphatic hydroxyl groups excluding tert-OH is 2. The summed E-state index contributed by atoms with van der Waals surface area (Å²) in [5, 5.41) is 23.5. The van der Waals surface area contributed by atoms with Gasteiger partial charge in [-0.3, -0.25) is 9.59 Å². The zero-order valence-corrected chi connectivity index (χ0v) is 63.5. The normalized spacial score (nSPS) is 12.5. The Bertz CT molecular complexity index is 1460. The van der Waals surface area contributed by atoms with E-state index in [2.05, 4.69) is 43.5 Å². The molecule has 0 rings (SSSR count). The highest BCUT2D eigenvalue weighted by Gasteiger charge is 2.20. The second-order valence-corrected chi connectivity index (χ2v) is 29.9. The van der Waals surface area contributed by atoms with Crippen LogP contribution >= 0.6 is 0 Å². The molecule has 0 spiro atoms. The Morgan fingerprint density at radius 3 is 0.763 bits per heavy atom. The van der Waals surface area contributed by atoms with Crippen LogP contribution in [0.2, 0.25) is 0 Å². The van der Waals surface area contributed by atoms with Crippen LogP contribution in [0.25, 0.3) is 0 Å². The summed E-state index contributed by atoms with van der Waals surface area (Å²) in [6, 6.07) is -0.539. The number of ether oxygens (including phenoxy) is 1. The molecule has 0 radical (unpaired) electrons. The summed E-state index contributed by atoms with van der Waals surface area (Å²) in [4.78, 5) is 24.7. The Kier molecular flexibility index (Phi) is 81.3. The number of esters is 1. The maximum atomic E-state index is 12.6. The van der Waals surface area contributed by atoms with E-state index in [-0.39, 0.29) is 18.5 Å². The Balaban J connectivity index is 3.32. The first kappa shape index (κ1) is 91.3. The van der Waals surface area contributed by atoms with E-state index in [0.717, 1.165) is 38.5 Å². The zero-order chi connectivity index (χ0) is 67.0. The standard InChI is InChI=1S/C87H169NO5/c1-3-5-7-9-11-13-15-17-19-21-23-44-47-51-55-59-63-67-71-75-79-85(90)84(83-89)88-86(91)80-76-72-68-64-60-56-52-48-45-41-39-37-35-33-31-29-27-25-24-26-28-30-32-34-36-38-40-42-46-50-54-58-62-66-70-74-78-82-93-87(92)81-77-73-69-65-61-57-53-49-43-22-20-18-16-14-12-10-8-6-4-2/h18,20,24,26,84-85,89-90H,3-17,19,21-23,25,27-83H2,1-2H3,(H,88,91)/b20-18-,26-24-. The summed E-state index contributed by atoms with van der Waals surface area (Å²) < 4.78 is 5.52. The summed E-state index contributed by atoms with van der Waals surface area (Å²) in [7, 11) is 0. The zero-order valence-electron chi connectivity index (χ0n) is 63.5. The van der Waals surface area contributed by atoms with Gasteiger partial charge >= 0.3 is 5.97 Å². The van der Waals surface area contributed by atoms with Crippen LogP contribution in [0.15, 0.2) is 24.3 Å². The van der Waals surface area contributed by atoms with Crippen molar-refractivity contribution in [2.45, 2.75) is 508 Å². The van der Waals surface area contributed by atoms with Gasteiger partial charge in [-0.15, -0.1) is 0 Å². The molecule has 6 heteroatoms. The van der Waals surface area contributed by atoms with Gasteiger partial charge in [0, 0.05) is 12.8 Å². The van der Waals surface area contributed by atoms with E-state index in [1.54, 1.807) is 0 Å². The van der Waals surface area contributed by atoms with Crippen molar-refractivity contribution in [2.75, 3.05) is 13.2 Å². The lowest BCUT2D eigenvalue weighted by Crippen LogP contribution is -2.45. The van der Waals surface area contributed by atoms with Crippen LogP contribution in [0.4, 0.5) is 0 Å². The molecule has 0 saturated heterocycles. The van der Waals surface area contributed by atoms with E-state index in [1.165, 1.54) is 424 Å². The van der Waals surface area contributed by atoms with Crippen LogP contribution in [0.5, 0.6) is 0 Å². The average Bonchev–Trinajstić information content (AvgIpc) is 3.78. The van der Waals surface area contributed by atoms with Crippen LogP contribution in [0.3, 0.4) is 0 Å². The van der Waals surface area contributed by atoms with Gasteiger partial charge in [-0.05, 0) is 77.0 Å². The molecule has 0 aromatic rings. The second kappa shape index (κ2) is 82.8. The van der Waals surface area contributed by atoms with Crippen molar-refractivity contribution < 1.29 is 24.5 Å². The molecule has 2 atom stereocenters. The van der Waals surface area contributed by atoms with Crippen LogP contribution in [-0.4, -0.2) is 47.4 Å². The first-order valence-electron chi connectivity index (χ1n) is 43.1. The number of rotatable bonds is 82. The van der Waals surface area contributed by atoms with E-state index in [9.17, 15) is 19.8 Å². The number of carbonyl (C=O) groups is 2. The SMILES string of the molecule is CCCCCCCC/C=C\CCCCCCCCCCCC(=O)OCCCCCCCCCCCCCCCCCC/C=C\CCCCCCCCCCCCCCCCCCCC(=O)NC(CO)C(O)CCCCCCCCCCCCCCCCCCCCCC. The fourth-order valence-electron chi connectivity index (χ4n) is 13.9. The van der Waals surface area contributed by atoms with E-state index in [0.29, 0.717) is 25.9 Å². The third-order valence-electron chi connectivity index (χ3n) is 20.5. The van der Waals surface area contributed by atoms with Crippen molar-refractivity contribution in [3.05, 3.63) is 24.3 Å². The smallest absolute Gasteiger partial charge is 0.305 e. The first-order chi connectivity index (χ1) is 46.0. The molecule has 0 aliphatic rings. The minimum atomic E-state index is -0.662. The van der Waals surface area contributed by atoms with Crippen molar-refractivity contribution >= 4 is 11.9 Å². The van der Waals surface area contributed by atoms with Gasteiger partial charge in [0.05, 0.1) is 25.4 Å². The van der Waals surface area contributed by atoms with E-state index in [4.69, 9.17) is 4.74 Å². The van der Waals surface area contributed by atoms with Crippen molar-refractivity contribution in [2.24, 2.45) is 0 Å². The van der Waals surface area contributed by atoms with E-state index < -0.39 is 12.1 Å². The van der Waals surface area contributed by atoms with Gasteiger partial charge in [0.15, 0.2) is 0 Å². The van der Waals surface area contributed by atoms with Gasteiger partial charge in [0.2, 0.25) is 5.91 Å². The molecule has 0 aromatic heterocycles. The summed E-state index contributed by atoms with van der Waals surface area (Å²) in [5.74, 6) is -0.00320. The van der Waals surface area contributed by atoms with Gasteiger partial charge in [-0.25, -0.2) is 0 Å². The maximum Gasteiger partial charge on any atom is 0.305 e. The maximum absolute atomic E-state index is 12.6. The van der Waals surface area contributed by atoms with Crippen molar-refractivity contribution in [3.63, 3.8) is 0 Å². The predicted octanol–water partition coefficient (Wildman–Crippen LogP) is 28.8. The summed E-state index contributed by atoms with van der Waals surface area (Å²) in [5.41, 5.74) is 0. The third kappa shape index (κ3) is 79.2. The Labute approximate surface area is 583 Å². The third-order valence-corrected chi connectivity index (χ3v) is 20.5. The van der Waals surface area contributed by atoms with E-state index in [1.807, 2.05) is 0 Å². The number of hydrogen-bond donors (Lipinski definition) is 3. The lowest BCUT2D eigenvalue weighted by molar-refractivity contribution is -0.143. The first-order valence-corrected chi connectivity index (χ1v) is 43.1. The topological polar surface area (TPSA) is 95.9 Å². The number of nitrogens with one attached hydrogen (secondary N) is 1. The molecule has 0 aromatic carbocycles. The molecular formula is C87H169NO5. The highest BCUT2D eigenvalue weighted by molar-refractivity contribution is 5.76. The predicted molar refractivity (Wildman–Crippen MR) is 412 cm³/mol. The second-order valence-electron chi connectivity index (χ2n) is 29.9. The van der Waals surface area contributed by atoms with Crippen LogP contribution < -0.4 is 5.32 Å². The lowest BCUT2D eigenvalue weighted by Gasteiger charge is -2.22. The summed E-state index contributed by atoms with van der Waals surface area (Å²) in [6.07, 6.45) is 107. The van der Waals surface area contributed by atoms with Gasteiger partial charge in [0.1, 0.15) is 0 Å². The number of aliphatic hydroxyl groups is 2. The van der Waals surface area contributed by atoms with Gasteiger partial charge < -0.3 is 20.3 Å². The fourth-order valence-corrected chi connectivity index (χ4v) is 13.9. The monoisotopic (exact) mass is 1310 g/mol. The molecule has 6 nitrogen and oxygen atoms in total. The molecule has 552 valence electrons. The summed E-state index contributed by atoms with van der Waals surface area (Å²) in [6.45, 7) is 5.01. The molecule has 2 unspecified atom stereocenters. The quantitative estimate of drug-likeness (QED) is 0.0320. The Morgan fingerprint density at radius 1 is 0.290 bits per heavy atom. The summed E-state index contributed by atoms with van der Waals surface area (Å²) >= 11 is 0. The molecule has 0 aliphatic carbocycles. The number of hydrogen-bond acceptors (Lipinski definition) is 5. The van der Waals surface area contributed by atoms with Crippen LogP contribution in [0, 0.1) is 0 Å². The number of carbonyl (C=O) groups excluding carboxylic acids is 2. The minimum absolute atomic E-state index is 0.0223. The van der Waals surface area contributed by atoms with Crippen molar-refractivity contribution in [1.82, 2.24) is 5.32 Å². The fraction of sp³-hybridized carbons (Fsp3) is 0.931. The molecule has 0 saturated carbocycles. The van der Waals surface area contributed by atoms with Gasteiger partial charge in [-0.1, -0.05) is 430 Å². The highest BCUT2D eigenvalue weighted by atomic mass is 16.5. The lowest BCUT2D eigenvalue weighted by atomic mass is 10.0. The van der Waals surface area contributed by atoms with Crippen molar-refractivity contribution in [1.29, 1.82) is 0 Å². The molecule has 0 bridgehead atoms. The Hall–Kier alpha value is -1.66. The number of unbranched alkanes of at least 4 members (excludes halogenated alkanes) is 67.